The highest BCUT2D eigenvalue weighted by Gasteiger charge is 2.21. The van der Waals surface area contributed by atoms with E-state index < -0.39 is 0 Å². The summed E-state index contributed by atoms with van der Waals surface area (Å²) in [5.74, 6) is 6.42. The number of benzene rings is 1. The summed E-state index contributed by atoms with van der Waals surface area (Å²) >= 11 is 5.90. The number of nitrogens with one attached hydrogen (secondary N) is 1. The second-order valence-electron chi connectivity index (χ2n) is 4.88. The van der Waals surface area contributed by atoms with E-state index in [1.165, 1.54) is 25.7 Å². The maximum Gasteiger partial charge on any atom is 0.0483 e. The average molecular weight is 254 g/mol. The van der Waals surface area contributed by atoms with Gasteiger partial charge >= 0.3 is 0 Å². The quantitative estimate of drug-likeness (QED) is 0.439. The molecule has 2 rings (SSSR count). The summed E-state index contributed by atoms with van der Waals surface area (Å²) in [6.07, 6.45) is 6.37. The smallest absolute Gasteiger partial charge is 0.0483 e. The summed E-state index contributed by atoms with van der Waals surface area (Å²) in [7, 11) is 0. The largest absolute Gasteiger partial charge is 0.398 e. The highest BCUT2D eigenvalue weighted by Crippen LogP contribution is 2.34. The predicted molar refractivity (Wildman–Crippen MR) is 72.5 cm³/mol. The molecule has 94 valence electrons. The molecule has 0 spiro atoms. The van der Waals surface area contributed by atoms with E-state index in [9.17, 15) is 0 Å². The molecule has 0 radical (unpaired) electrons. The summed E-state index contributed by atoms with van der Waals surface area (Å²) in [6.45, 7) is 0. The number of hydrazine groups is 1. The molecule has 0 amide bonds. The predicted octanol–water partition coefficient (Wildman–Crippen LogP) is 3.01. The maximum absolute atomic E-state index is 5.99. The third-order valence-electron chi connectivity index (χ3n) is 3.67. The van der Waals surface area contributed by atoms with Gasteiger partial charge in [-0.15, -0.1) is 0 Å². The van der Waals surface area contributed by atoms with Gasteiger partial charge in [0, 0.05) is 16.8 Å². The third kappa shape index (κ3) is 3.12. The maximum atomic E-state index is 5.99. The molecule has 17 heavy (non-hydrogen) atoms. The van der Waals surface area contributed by atoms with E-state index in [-0.39, 0.29) is 6.04 Å². The lowest BCUT2D eigenvalue weighted by Gasteiger charge is -2.21. The topological polar surface area (TPSA) is 64.1 Å². The fraction of sp³-hybridized carbons (Fsp3) is 0.538. The van der Waals surface area contributed by atoms with Crippen molar-refractivity contribution in [3.05, 3.63) is 28.8 Å². The van der Waals surface area contributed by atoms with Gasteiger partial charge in [0.2, 0.25) is 0 Å². The van der Waals surface area contributed by atoms with Crippen molar-refractivity contribution in [2.45, 2.75) is 38.1 Å². The van der Waals surface area contributed by atoms with Crippen LogP contribution in [0.15, 0.2) is 18.2 Å². The standard InChI is InChI=1S/C13H20ClN3/c14-10-5-6-11(12(15)8-10)13(17-16)7-9-3-1-2-4-9/h5-6,8-9,13,17H,1-4,7,15-16H2. The molecule has 1 aromatic carbocycles. The molecule has 0 aliphatic heterocycles. The van der Waals surface area contributed by atoms with Crippen molar-refractivity contribution in [1.82, 2.24) is 5.43 Å². The van der Waals surface area contributed by atoms with Gasteiger partial charge < -0.3 is 5.73 Å². The van der Waals surface area contributed by atoms with Crippen LogP contribution in [0.4, 0.5) is 5.69 Å². The Morgan fingerprint density at radius 1 is 1.35 bits per heavy atom. The molecular formula is C13H20ClN3. The second-order valence-corrected chi connectivity index (χ2v) is 5.32. The lowest BCUT2D eigenvalue weighted by molar-refractivity contribution is 0.401. The van der Waals surface area contributed by atoms with Gasteiger partial charge in [0.25, 0.3) is 0 Å². The zero-order chi connectivity index (χ0) is 12.3. The second kappa shape index (κ2) is 5.71. The van der Waals surface area contributed by atoms with E-state index in [0.29, 0.717) is 5.02 Å². The van der Waals surface area contributed by atoms with Gasteiger partial charge in [-0.3, -0.25) is 11.3 Å². The zero-order valence-corrected chi connectivity index (χ0v) is 10.7. The summed E-state index contributed by atoms with van der Waals surface area (Å²) in [5.41, 5.74) is 10.7. The summed E-state index contributed by atoms with van der Waals surface area (Å²) < 4.78 is 0. The van der Waals surface area contributed by atoms with Gasteiger partial charge in [-0.2, -0.15) is 0 Å². The Morgan fingerprint density at radius 2 is 2.06 bits per heavy atom. The van der Waals surface area contributed by atoms with Crippen LogP contribution in [0.5, 0.6) is 0 Å². The van der Waals surface area contributed by atoms with Crippen LogP contribution in [0.3, 0.4) is 0 Å². The van der Waals surface area contributed by atoms with Crippen molar-refractivity contribution in [3.63, 3.8) is 0 Å². The monoisotopic (exact) mass is 253 g/mol. The SMILES string of the molecule is NNC(CC1CCCC1)c1ccc(Cl)cc1N. The molecule has 1 aliphatic rings. The van der Waals surface area contributed by atoms with Gasteiger partial charge in [0.15, 0.2) is 0 Å². The minimum atomic E-state index is 0.135. The van der Waals surface area contributed by atoms with Crippen molar-refractivity contribution in [2.24, 2.45) is 11.8 Å². The Bertz CT molecular complexity index is 375. The minimum absolute atomic E-state index is 0.135. The van der Waals surface area contributed by atoms with Crippen LogP contribution >= 0.6 is 11.6 Å². The van der Waals surface area contributed by atoms with E-state index in [4.69, 9.17) is 23.2 Å². The van der Waals surface area contributed by atoms with Crippen LogP contribution in [-0.4, -0.2) is 0 Å². The first-order valence-corrected chi connectivity index (χ1v) is 6.59. The number of rotatable bonds is 4. The number of nitrogen functional groups attached to an aromatic ring is 1. The fourth-order valence-corrected chi connectivity index (χ4v) is 2.91. The normalized spacial score (nSPS) is 18.5. The van der Waals surface area contributed by atoms with Crippen molar-refractivity contribution < 1.29 is 0 Å². The average Bonchev–Trinajstić information content (AvgIpc) is 2.79. The van der Waals surface area contributed by atoms with Crippen LogP contribution in [0, 0.1) is 5.92 Å². The summed E-state index contributed by atoms with van der Waals surface area (Å²) in [6, 6.07) is 5.76. The number of halogens is 1. The van der Waals surface area contributed by atoms with Gasteiger partial charge in [-0.1, -0.05) is 43.4 Å². The number of anilines is 1. The van der Waals surface area contributed by atoms with E-state index in [1.54, 1.807) is 6.07 Å². The molecule has 1 aliphatic carbocycles. The number of hydrogen-bond donors (Lipinski definition) is 3. The Kier molecular flexibility index (Phi) is 4.26. The lowest BCUT2D eigenvalue weighted by Crippen LogP contribution is -2.30. The fourth-order valence-electron chi connectivity index (χ4n) is 2.73. The first-order valence-electron chi connectivity index (χ1n) is 6.21. The van der Waals surface area contributed by atoms with Gasteiger partial charge in [0.05, 0.1) is 0 Å². The molecule has 0 aromatic heterocycles. The molecule has 0 bridgehead atoms. The molecule has 3 nitrogen and oxygen atoms in total. The molecule has 1 atom stereocenters. The van der Waals surface area contributed by atoms with Gasteiger partial charge in [-0.25, -0.2) is 0 Å². The molecule has 1 saturated carbocycles. The number of hydrogen-bond acceptors (Lipinski definition) is 3. The Hall–Kier alpha value is -0.770. The van der Waals surface area contributed by atoms with Crippen molar-refractivity contribution >= 4 is 17.3 Å². The Labute approximate surface area is 107 Å². The van der Waals surface area contributed by atoms with Crippen LogP contribution in [0.1, 0.15) is 43.7 Å². The molecule has 5 N–H and O–H groups in total. The van der Waals surface area contributed by atoms with Crippen LogP contribution < -0.4 is 17.0 Å². The van der Waals surface area contributed by atoms with E-state index in [0.717, 1.165) is 23.6 Å². The van der Waals surface area contributed by atoms with Crippen molar-refractivity contribution in [2.75, 3.05) is 5.73 Å². The number of nitrogens with two attached hydrogens (primary N) is 2. The molecule has 4 heteroatoms. The molecule has 1 fully saturated rings. The summed E-state index contributed by atoms with van der Waals surface area (Å²) in [5, 5.41) is 0.669. The third-order valence-corrected chi connectivity index (χ3v) is 3.90. The molecule has 1 aromatic rings. The first-order chi connectivity index (χ1) is 8.20. The van der Waals surface area contributed by atoms with Crippen LogP contribution in [-0.2, 0) is 0 Å². The lowest BCUT2D eigenvalue weighted by atomic mass is 9.93. The minimum Gasteiger partial charge on any atom is -0.398 e. The van der Waals surface area contributed by atoms with Gasteiger partial charge in [-0.05, 0) is 30.0 Å². The van der Waals surface area contributed by atoms with Crippen LogP contribution in [0.2, 0.25) is 5.02 Å². The molecule has 0 heterocycles. The highest BCUT2D eigenvalue weighted by atomic mass is 35.5. The van der Waals surface area contributed by atoms with E-state index >= 15 is 0 Å². The molecular weight excluding hydrogens is 234 g/mol. The van der Waals surface area contributed by atoms with E-state index in [1.807, 2.05) is 12.1 Å². The van der Waals surface area contributed by atoms with Crippen molar-refractivity contribution in [3.8, 4) is 0 Å². The van der Waals surface area contributed by atoms with Crippen LogP contribution in [0.25, 0.3) is 0 Å². The summed E-state index contributed by atoms with van der Waals surface area (Å²) in [4.78, 5) is 0. The Morgan fingerprint density at radius 3 is 2.65 bits per heavy atom. The highest BCUT2D eigenvalue weighted by molar-refractivity contribution is 6.30. The van der Waals surface area contributed by atoms with E-state index in [2.05, 4.69) is 5.43 Å². The van der Waals surface area contributed by atoms with Crippen molar-refractivity contribution in [1.29, 1.82) is 0 Å². The van der Waals surface area contributed by atoms with Gasteiger partial charge in [0.1, 0.15) is 0 Å². The molecule has 1 unspecified atom stereocenters. The molecule has 0 saturated heterocycles. The Balaban J connectivity index is 2.10. The first kappa shape index (κ1) is 12.7. The zero-order valence-electron chi connectivity index (χ0n) is 9.95.